The predicted octanol–water partition coefficient (Wildman–Crippen LogP) is 3.71. The molecule has 2 nitrogen and oxygen atoms in total. The van der Waals surface area contributed by atoms with Crippen LogP contribution in [0.25, 0.3) is 0 Å². The van der Waals surface area contributed by atoms with Crippen molar-refractivity contribution in [3.8, 4) is 0 Å². The number of nitrogens with one attached hydrogen (secondary N) is 1. The highest BCUT2D eigenvalue weighted by Gasteiger charge is 2.13. The van der Waals surface area contributed by atoms with Crippen LogP contribution in [0.1, 0.15) is 43.0 Å². The van der Waals surface area contributed by atoms with Crippen molar-refractivity contribution in [3.63, 3.8) is 0 Å². The number of thioether (sulfide) groups is 1. The Balaban J connectivity index is 2.67. The summed E-state index contributed by atoms with van der Waals surface area (Å²) in [6.07, 6.45) is 1.15. The SMILES string of the molecule is CCCNC(CSCC(C)CO)c1ccc(C)cc1C. The first-order valence-corrected chi connectivity index (χ1v) is 8.73. The molecule has 0 bridgehead atoms. The maximum absolute atomic E-state index is 9.10. The first kappa shape index (κ1) is 17.5. The number of hydrogen-bond acceptors (Lipinski definition) is 3. The van der Waals surface area contributed by atoms with Crippen LogP contribution in [0, 0.1) is 19.8 Å². The topological polar surface area (TPSA) is 32.3 Å². The van der Waals surface area contributed by atoms with E-state index in [1.54, 1.807) is 0 Å². The summed E-state index contributed by atoms with van der Waals surface area (Å²) < 4.78 is 0. The van der Waals surface area contributed by atoms with Gasteiger partial charge in [0.2, 0.25) is 0 Å². The molecule has 0 aliphatic carbocycles. The molecule has 0 spiro atoms. The highest BCUT2D eigenvalue weighted by atomic mass is 32.2. The molecule has 20 heavy (non-hydrogen) atoms. The van der Waals surface area contributed by atoms with Crippen LogP contribution in [-0.4, -0.2) is 29.8 Å². The van der Waals surface area contributed by atoms with Gasteiger partial charge < -0.3 is 10.4 Å². The van der Waals surface area contributed by atoms with E-state index in [2.05, 4.69) is 51.2 Å². The lowest BCUT2D eigenvalue weighted by molar-refractivity contribution is 0.250. The second-order valence-electron chi connectivity index (χ2n) is 5.69. The van der Waals surface area contributed by atoms with Crippen molar-refractivity contribution < 1.29 is 5.11 Å². The molecule has 2 atom stereocenters. The minimum atomic E-state index is 0.281. The monoisotopic (exact) mass is 295 g/mol. The molecule has 0 saturated carbocycles. The Morgan fingerprint density at radius 2 is 2.00 bits per heavy atom. The standard InChI is InChI=1S/C17H29NOS/c1-5-8-18-17(12-20-11-14(3)10-19)16-7-6-13(2)9-15(16)4/h6-7,9,14,17-19H,5,8,10-12H2,1-4H3. The van der Waals surface area contributed by atoms with Crippen molar-refractivity contribution in [2.45, 2.75) is 40.2 Å². The van der Waals surface area contributed by atoms with Gasteiger partial charge in [-0.1, -0.05) is 37.6 Å². The third-order valence-electron chi connectivity index (χ3n) is 3.44. The van der Waals surface area contributed by atoms with Crippen LogP contribution < -0.4 is 5.32 Å². The summed E-state index contributed by atoms with van der Waals surface area (Å²) in [6, 6.07) is 7.13. The molecule has 1 aromatic rings. The van der Waals surface area contributed by atoms with Crippen molar-refractivity contribution in [1.82, 2.24) is 5.32 Å². The average Bonchev–Trinajstić information content (AvgIpc) is 2.43. The third-order valence-corrected chi connectivity index (χ3v) is 4.81. The Labute approximate surface area is 128 Å². The van der Waals surface area contributed by atoms with Gasteiger partial charge in [-0.3, -0.25) is 0 Å². The number of aliphatic hydroxyl groups is 1. The maximum Gasteiger partial charge on any atom is 0.0464 e. The molecule has 0 amide bonds. The molecular weight excluding hydrogens is 266 g/mol. The van der Waals surface area contributed by atoms with Gasteiger partial charge in [0.05, 0.1) is 0 Å². The van der Waals surface area contributed by atoms with E-state index in [1.807, 2.05) is 11.8 Å². The van der Waals surface area contributed by atoms with Crippen molar-refractivity contribution in [3.05, 3.63) is 34.9 Å². The van der Waals surface area contributed by atoms with Crippen molar-refractivity contribution in [2.75, 3.05) is 24.7 Å². The van der Waals surface area contributed by atoms with Crippen molar-refractivity contribution >= 4 is 11.8 Å². The molecule has 0 aromatic heterocycles. The van der Waals surface area contributed by atoms with E-state index in [0.29, 0.717) is 12.0 Å². The molecule has 1 aromatic carbocycles. The Morgan fingerprint density at radius 3 is 2.60 bits per heavy atom. The van der Waals surface area contributed by atoms with Crippen LogP contribution >= 0.6 is 11.8 Å². The zero-order chi connectivity index (χ0) is 15.0. The number of benzene rings is 1. The fourth-order valence-electron chi connectivity index (χ4n) is 2.23. The molecule has 0 heterocycles. The molecule has 0 radical (unpaired) electrons. The fourth-order valence-corrected chi connectivity index (χ4v) is 3.41. The van der Waals surface area contributed by atoms with E-state index in [1.165, 1.54) is 16.7 Å². The fraction of sp³-hybridized carbons (Fsp3) is 0.647. The predicted molar refractivity (Wildman–Crippen MR) is 90.5 cm³/mol. The summed E-state index contributed by atoms with van der Waals surface area (Å²) in [7, 11) is 0. The molecule has 3 heteroatoms. The Kier molecular flexibility index (Phi) is 8.27. The van der Waals surface area contributed by atoms with Gasteiger partial charge in [-0.25, -0.2) is 0 Å². The number of hydrogen-bond donors (Lipinski definition) is 2. The summed E-state index contributed by atoms with van der Waals surface area (Å²) in [5, 5.41) is 12.8. The van der Waals surface area contributed by atoms with E-state index in [9.17, 15) is 0 Å². The highest BCUT2D eigenvalue weighted by molar-refractivity contribution is 7.99. The molecule has 0 saturated heterocycles. The lowest BCUT2D eigenvalue weighted by Gasteiger charge is -2.21. The highest BCUT2D eigenvalue weighted by Crippen LogP contribution is 2.23. The Morgan fingerprint density at radius 1 is 1.25 bits per heavy atom. The van der Waals surface area contributed by atoms with E-state index in [-0.39, 0.29) is 6.61 Å². The van der Waals surface area contributed by atoms with Gasteiger partial charge in [0.15, 0.2) is 0 Å². The zero-order valence-electron chi connectivity index (χ0n) is 13.3. The molecule has 1 rings (SSSR count). The molecular formula is C17H29NOS. The number of rotatable bonds is 9. The van der Waals surface area contributed by atoms with Crippen LogP contribution in [0.2, 0.25) is 0 Å². The zero-order valence-corrected chi connectivity index (χ0v) is 14.1. The minimum absolute atomic E-state index is 0.281. The van der Waals surface area contributed by atoms with Gasteiger partial charge in [0.1, 0.15) is 0 Å². The summed E-state index contributed by atoms with van der Waals surface area (Å²) >= 11 is 1.93. The van der Waals surface area contributed by atoms with E-state index in [4.69, 9.17) is 5.11 Å². The Bertz CT molecular complexity index is 395. The van der Waals surface area contributed by atoms with Crippen LogP contribution in [0.15, 0.2) is 18.2 Å². The normalized spacial score (nSPS) is 14.2. The van der Waals surface area contributed by atoms with Crippen LogP contribution in [0.5, 0.6) is 0 Å². The van der Waals surface area contributed by atoms with Gasteiger partial charge in [0.25, 0.3) is 0 Å². The lowest BCUT2D eigenvalue weighted by Crippen LogP contribution is -2.25. The molecule has 114 valence electrons. The smallest absolute Gasteiger partial charge is 0.0464 e. The van der Waals surface area contributed by atoms with Crippen molar-refractivity contribution in [2.24, 2.45) is 5.92 Å². The van der Waals surface area contributed by atoms with E-state index < -0.39 is 0 Å². The molecule has 0 aliphatic rings. The van der Waals surface area contributed by atoms with E-state index in [0.717, 1.165) is 24.5 Å². The minimum Gasteiger partial charge on any atom is -0.396 e. The molecule has 2 unspecified atom stereocenters. The third kappa shape index (κ3) is 5.86. The molecule has 2 N–H and O–H groups in total. The van der Waals surface area contributed by atoms with Gasteiger partial charge in [-0.05, 0) is 49.6 Å². The summed E-state index contributed by atoms with van der Waals surface area (Å²) in [6.45, 7) is 9.97. The van der Waals surface area contributed by atoms with Crippen molar-refractivity contribution in [1.29, 1.82) is 0 Å². The molecule has 0 aliphatic heterocycles. The van der Waals surface area contributed by atoms with Gasteiger partial charge in [-0.2, -0.15) is 11.8 Å². The van der Waals surface area contributed by atoms with Gasteiger partial charge in [-0.15, -0.1) is 0 Å². The number of aryl methyl sites for hydroxylation is 2. The lowest BCUT2D eigenvalue weighted by atomic mass is 10.00. The summed E-state index contributed by atoms with van der Waals surface area (Å²) in [5.41, 5.74) is 4.10. The quantitative estimate of drug-likeness (QED) is 0.728. The van der Waals surface area contributed by atoms with Crippen LogP contribution in [0.3, 0.4) is 0 Å². The average molecular weight is 295 g/mol. The van der Waals surface area contributed by atoms with Crippen LogP contribution in [0.4, 0.5) is 0 Å². The second kappa shape index (κ2) is 9.43. The Hall–Kier alpha value is -0.510. The summed E-state index contributed by atoms with van der Waals surface area (Å²) in [4.78, 5) is 0. The first-order valence-electron chi connectivity index (χ1n) is 7.57. The van der Waals surface area contributed by atoms with E-state index >= 15 is 0 Å². The largest absolute Gasteiger partial charge is 0.396 e. The first-order chi connectivity index (χ1) is 9.58. The maximum atomic E-state index is 9.10. The van der Waals surface area contributed by atoms with Gasteiger partial charge >= 0.3 is 0 Å². The second-order valence-corrected chi connectivity index (χ2v) is 6.77. The summed E-state index contributed by atoms with van der Waals surface area (Å²) in [5.74, 6) is 2.46. The number of aliphatic hydroxyl groups excluding tert-OH is 1. The van der Waals surface area contributed by atoms with Gasteiger partial charge in [0, 0.05) is 18.4 Å². The molecule has 0 fully saturated rings. The van der Waals surface area contributed by atoms with Crippen LogP contribution in [-0.2, 0) is 0 Å².